The smallest absolute Gasteiger partial charge is 0.329 e. The number of carbonyl (C=O) groups excluding carboxylic acids is 1. The first-order valence-corrected chi connectivity index (χ1v) is 7.22. The third-order valence-corrected chi connectivity index (χ3v) is 4.10. The van der Waals surface area contributed by atoms with Crippen molar-refractivity contribution >= 4 is 11.9 Å². The van der Waals surface area contributed by atoms with Gasteiger partial charge >= 0.3 is 5.97 Å². The summed E-state index contributed by atoms with van der Waals surface area (Å²) in [6, 6.07) is 0. The van der Waals surface area contributed by atoms with Crippen LogP contribution in [0.1, 0.15) is 46.5 Å². The van der Waals surface area contributed by atoms with Gasteiger partial charge in [0, 0.05) is 20.0 Å². The van der Waals surface area contributed by atoms with Crippen molar-refractivity contribution in [1.29, 1.82) is 0 Å². The number of carboxylic acids is 1. The molecule has 0 saturated carbocycles. The van der Waals surface area contributed by atoms with Gasteiger partial charge < -0.3 is 14.9 Å². The zero-order valence-electron chi connectivity index (χ0n) is 12.3. The molecule has 0 aromatic rings. The van der Waals surface area contributed by atoms with Gasteiger partial charge in [0.15, 0.2) is 0 Å². The molecule has 1 aliphatic rings. The number of hydrogen-bond acceptors (Lipinski definition) is 3. The fourth-order valence-corrected chi connectivity index (χ4v) is 2.99. The lowest BCUT2D eigenvalue weighted by atomic mass is 9.88. The van der Waals surface area contributed by atoms with Crippen molar-refractivity contribution in [2.45, 2.75) is 52.0 Å². The second-order valence-corrected chi connectivity index (χ2v) is 5.30. The molecular weight excluding hydrogens is 244 g/mol. The zero-order valence-corrected chi connectivity index (χ0v) is 12.3. The van der Waals surface area contributed by atoms with Crippen LogP contribution in [-0.4, -0.2) is 58.5 Å². The zero-order chi connectivity index (χ0) is 14.5. The van der Waals surface area contributed by atoms with Gasteiger partial charge in [0.05, 0.1) is 0 Å². The number of carbonyl (C=O) groups is 2. The number of amides is 1. The Balaban J connectivity index is 3.01. The molecule has 110 valence electrons. The highest BCUT2D eigenvalue weighted by molar-refractivity contribution is 5.86. The highest BCUT2D eigenvalue weighted by Crippen LogP contribution is 2.30. The van der Waals surface area contributed by atoms with Gasteiger partial charge in [-0.1, -0.05) is 13.8 Å². The highest BCUT2D eigenvalue weighted by atomic mass is 16.4. The van der Waals surface area contributed by atoms with Gasteiger partial charge in [-0.2, -0.15) is 0 Å². The van der Waals surface area contributed by atoms with Crippen molar-refractivity contribution in [2.75, 3.05) is 26.2 Å². The van der Waals surface area contributed by atoms with E-state index in [0.717, 1.165) is 32.5 Å². The van der Waals surface area contributed by atoms with Crippen LogP contribution >= 0.6 is 0 Å². The van der Waals surface area contributed by atoms with Crippen molar-refractivity contribution in [3.63, 3.8) is 0 Å². The van der Waals surface area contributed by atoms with E-state index < -0.39 is 11.5 Å². The average molecular weight is 270 g/mol. The summed E-state index contributed by atoms with van der Waals surface area (Å²) >= 11 is 0. The van der Waals surface area contributed by atoms with Crippen LogP contribution in [0, 0.1) is 0 Å². The molecule has 1 atom stereocenters. The second kappa shape index (κ2) is 6.89. The van der Waals surface area contributed by atoms with Crippen LogP contribution in [0.3, 0.4) is 0 Å². The van der Waals surface area contributed by atoms with E-state index >= 15 is 0 Å². The Hall–Kier alpha value is -1.10. The van der Waals surface area contributed by atoms with Crippen molar-refractivity contribution < 1.29 is 14.7 Å². The molecule has 5 heteroatoms. The average Bonchev–Trinajstić information content (AvgIpc) is 2.58. The molecule has 1 rings (SSSR count). The molecule has 1 unspecified atom stereocenters. The monoisotopic (exact) mass is 270 g/mol. The van der Waals surface area contributed by atoms with Crippen LogP contribution in [0.2, 0.25) is 0 Å². The number of carboxylic acid groups (broad SMARTS) is 1. The third kappa shape index (κ3) is 3.47. The quantitative estimate of drug-likeness (QED) is 0.824. The van der Waals surface area contributed by atoms with E-state index in [1.807, 2.05) is 6.92 Å². The molecular formula is C14H26N2O3. The summed E-state index contributed by atoms with van der Waals surface area (Å²) in [7, 11) is 0. The second-order valence-electron chi connectivity index (χ2n) is 5.30. The minimum atomic E-state index is -1.01. The number of hydrogen-bond donors (Lipinski definition) is 1. The minimum Gasteiger partial charge on any atom is -0.479 e. The SMILES string of the molecule is CCCN(C(C)=O)C1(C(=O)O)CCCN(CC)CC1. The van der Waals surface area contributed by atoms with Crippen LogP contribution in [0.25, 0.3) is 0 Å². The van der Waals surface area contributed by atoms with E-state index in [-0.39, 0.29) is 5.91 Å². The molecule has 1 fully saturated rings. The van der Waals surface area contributed by atoms with Gasteiger partial charge in [0.1, 0.15) is 5.54 Å². The fourth-order valence-electron chi connectivity index (χ4n) is 2.99. The largest absolute Gasteiger partial charge is 0.479 e. The Morgan fingerprint density at radius 3 is 2.42 bits per heavy atom. The summed E-state index contributed by atoms with van der Waals surface area (Å²) in [5, 5.41) is 9.71. The Bertz CT molecular complexity index is 333. The summed E-state index contributed by atoms with van der Waals surface area (Å²) in [6.07, 6.45) is 2.69. The summed E-state index contributed by atoms with van der Waals surface area (Å²) < 4.78 is 0. The van der Waals surface area contributed by atoms with E-state index in [0.29, 0.717) is 19.4 Å². The minimum absolute atomic E-state index is 0.130. The molecule has 0 spiro atoms. The topological polar surface area (TPSA) is 60.9 Å². The first-order chi connectivity index (χ1) is 8.97. The number of nitrogens with zero attached hydrogens (tertiary/aromatic N) is 2. The summed E-state index contributed by atoms with van der Waals surface area (Å²) in [4.78, 5) is 27.5. The Kier molecular flexibility index (Phi) is 5.79. The van der Waals surface area contributed by atoms with Gasteiger partial charge in [-0.25, -0.2) is 4.79 Å². The van der Waals surface area contributed by atoms with E-state index in [2.05, 4.69) is 11.8 Å². The molecule has 0 radical (unpaired) electrons. The van der Waals surface area contributed by atoms with Gasteiger partial charge in [0.25, 0.3) is 0 Å². The summed E-state index contributed by atoms with van der Waals surface area (Å²) in [6.45, 7) is 8.66. The molecule has 1 amide bonds. The molecule has 0 aromatic carbocycles. The lowest BCUT2D eigenvalue weighted by Gasteiger charge is -2.39. The van der Waals surface area contributed by atoms with E-state index in [1.54, 1.807) is 4.90 Å². The number of likely N-dealkylation sites (tertiary alicyclic amines) is 1. The van der Waals surface area contributed by atoms with E-state index in [9.17, 15) is 14.7 Å². The van der Waals surface area contributed by atoms with Crippen molar-refractivity contribution in [1.82, 2.24) is 9.80 Å². The van der Waals surface area contributed by atoms with E-state index in [1.165, 1.54) is 6.92 Å². The standard InChI is InChI=1S/C14H26N2O3/c1-4-9-16(12(3)17)14(13(18)19)7-6-10-15(5-2)11-8-14/h4-11H2,1-3H3,(H,18,19). The van der Waals surface area contributed by atoms with Crippen LogP contribution < -0.4 is 0 Å². The van der Waals surface area contributed by atoms with Crippen LogP contribution in [0.15, 0.2) is 0 Å². The molecule has 1 heterocycles. The predicted octanol–water partition coefficient (Wildman–Crippen LogP) is 1.57. The number of aliphatic carboxylic acids is 1. The molecule has 19 heavy (non-hydrogen) atoms. The highest BCUT2D eigenvalue weighted by Gasteiger charge is 2.45. The van der Waals surface area contributed by atoms with Crippen LogP contribution in [0.5, 0.6) is 0 Å². The first-order valence-electron chi connectivity index (χ1n) is 7.22. The maximum Gasteiger partial charge on any atom is 0.329 e. The third-order valence-electron chi connectivity index (χ3n) is 4.10. The molecule has 1 N–H and O–H groups in total. The summed E-state index contributed by atoms with van der Waals surface area (Å²) in [5.41, 5.74) is -1.01. The molecule has 0 aromatic heterocycles. The molecule has 1 aliphatic heterocycles. The van der Waals surface area contributed by atoms with E-state index in [4.69, 9.17) is 0 Å². The Labute approximate surface area is 115 Å². The Morgan fingerprint density at radius 2 is 1.95 bits per heavy atom. The van der Waals surface area contributed by atoms with Gasteiger partial charge in [-0.05, 0) is 38.8 Å². The molecule has 5 nitrogen and oxygen atoms in total. The normalized spacial score (nSPS) is 24.8. The lowest BCUT2D eigenvalue weighted by molar-refractivity contribution is -0.159. The maximum absolute atomic E-state index is 11.9. The Morgan fingerprint density at radius 1 is 1.26 bits per heavy atom. The van der Waals surface area contributed by atoms with Crippen LogP contribution in [-0.2, 0) is 9.59 Å². The van der Waals surface area contributed by atoms with Gasteiger partial charge in [-0.3, -0.25) is 4.79 Å². The maximum atomic E-state index is 11.9. The molecule has 0 bridgehead atoms. The van der Waals surface area contributed by atoms with Crippen molar-refractivity contribution in [3.8, 4) is 0 Å². The lowest BCUT2D eigenvalue weighted by Crippen LogP contribution is -2.57. The fraction of sp³-hybridized carbons (Fsp3) is 0.857. The summed E-state index contributed by atoms with van der Waals surface area (Å²) in [5.74, 6) is -0.983. The van der Waals surface area contributed by atoms with Crippen LogP contribution in [0.4, 0.5) is 0 Å². The first kappa shape index (κ1) is 16.0. The molecule has 0 aliphatic carbocycles. The van der Waals surface area contributed by atoms with Crippen molar-refractivity contribution in [2.24, 2.45) is 0 Å². The molecule has 1 saturated heterocycles. The van der Waals surface area contributed by atoms with Gasteiger partial charge in [-0.15, -0.1) is 0 Å². The van der Waals surface area contributed by atoms with Gasteiger partial charge in [0.2, 0.25) is 5.91 Å². The predicted molar refractivity (Wildman–Crippen MR) is 74.0 cm³/mol. The van der Waals surface area contributed by atoms with Crippen molar-refractivity contribution in [3.05, 3.63) is 0 Å². The number of rotatable bonds is 5.